The predicted molar refractivity (Wildman–Crippen MR) is 71.9 cm³/mol. The molecule has 4 heteroatoms. The summed E-state index contributed by atoms with van der Waals surface area (Å²) in [5.74, 6) is 0.0645. The van der Waals surface area contributed by atoms with Gasteiger partial charge in [-0.1, -0.05) is 12.1 Å². The maximum absolute atomic E-state index is 11.7. The number of piperidine rings is 1. The lowest BCUT2D eigenvalue weighted by molar-refractivity contribution is -0.121. The van der Waals surface area contributed by atoms with Gasteiger partial charge in [-0.3, -0.25) is 9.69 Å². The van der Waals surface area contributed by atoms with Gasteiger partial charge in [0, 0.05) is 32.5 Å². The Bertz CT molecular complexity index is 460. The van der Waals surface area contributed by atoms with Crippen LogP contribution in [-0.4, -0.2) is 36.3 Å². The van der Waals surface area contributed by atoms with Crippen LogP contribution in [0.3, 0.4) is 0 Å². The Labute approximate surface area is 113 Å². The van der Waals surface area contributed by atoms with E-state index in [1.165, 1.54) is 0 Å². The van der Waals surface area contributed by atoms with E-state index in [4.69, 9.17) is 4.74 Å². The van der Waals surface area contributed by atoms with E-state index in [0.29, 0.717) is 30.8 Å². The van der Waals surface area contributed by atoms with Gasteiger partial charge in [-0.15, -0.1) is 0 Å². The van der Waals surface area contributed by atoms with Crippen LogP contribution in [0.25, 0.3) is 0 Å². The summed E-state index contributed by atoms with van der Waals surface area (Å²) in [7, 11) is 0. The summed E-state index contributed by atoms with van der Waals surface area (Å²) in [4.78, 5) is 25.1. The second-order valence-corrected chi connectivity index (χ2v) is 4.74. The fourth-order valence-electron chi connectivity index (χ4n) is 2.23. The smallest absolute Gasteiger partial charge is 0.338 e. The van der Waals surface area contributed by atoms with E-state index in [1.54, 1.807) is 13.0 Å². The molecule has 0 unspecified atom stereocenters. The quantitative estimate of drug-likeness (QED) is 0.778. The van der Waals surface area contributed by atoms with Crippen LogP contribution in [0.1, 0.15) is 35.7 Å². The van der Waals surface area contributed by atoms with E-state index in [-0.39, 0.29) is 5.97 Å². The van der Waals surface area contributed by atoms with Crippen LogP contribution in [0, 0.1) is 0 Å². The minimum Gasteiger partial charge on any atom is -0.462 e. The highest BCUT2D eigenvalue weighted by atomic mass is 16.5. The number of ether oxygens (including phenoxy) is 1. The van der Waals surface area contributed by atoms with Gasteiger partial charge in [-0.05, 0) is 24.6 Å². The Kier molecular flexibility index (Phi) is 4.68. The molecule has 2 rings (SSSR count). The van der Waals surface area contributed by atoms with E-state index in [0.717, 1.165) is 25.2 Å². The molecule has 1 aliphatic rings. The lowest BCUT2D eigenvalue weighted by Gasteiger charge is -2.25. The van der Waals surface area contributed by atoms with Crippen LogP contribution in [0.15, 0.2) is 24.3 Å². The summed E-state index contributed by atoms with van der Waals surface area (Å²) >= 11 is 0. The summed E-state index contributed by atoms with van der Waals surface area (Å²) in [5, 5.41) is 0. The van der Waals surface area contributed by atoms with Crippen LogP contribution < -0.4 is 0 Å². The SMILES string of the molecule is CCOC(=O)c1cccc(CN2CCC(=O)CC2)c1. The first kappa shape index (κ1) is 13.7. The van der Waals surface area contributed by atoms with Crippen molar-refractivity contribution in [3.63, 3.8) is 0 Å². The van der Waals surface area contributed by atoms with Crippen molar-refractivity contribution < 1.29 is 14.3 Å². The van der Waals surface area contributed by atoms with Crippen LogP contribution in [0.5, 0.6) is 0 Å². The average Bonchev–Trinajstić information content (AvgIpc) is 2.42. The lowest BCUT2D eigenvalue weighted by atomic mass is 10.1. The molecule has 1 aliphatic heterocycles. The highest BCUT2D eigenvalue weighted by Crippen LogP contribution is 2.13. The number of carbonyl (C=O) groups is 2. The van der Waals surface area contributed by atoms with Gasteiger partial charge in [0.1, 0.15) is 5.78 Å². The maximum atomic E-state index is 11.7. The monoisotopic (exact) mass is 261 g/mol. The number of nitrogens with zero attached hydrogens (tertiary/aromatic N) is 1. The van der Waals surface area contributed by atoms with Gasteiger partial charge in [-0.2, -0.15) is 0 Å². The van der Waals surface area contributed by atoms with E-state index in [2.05, 4.69) is 4.90 Å². The molecule has 1 saturated heterocycles. The van der Waals surface area contributed by atoms with Gasteiger partial charge in [0.25, 0.3) is 0 Å². The van der Waals surface area contributed by atoms with Crippen molar-refractivity contribution >= 4 is 11.8 Å². The third-order valence-corrected chi connectivity index (χ3v) is 3.26. The minimum absolute atomic E-state index is 0.279. The highest BCUT2D eigenvalue weighted by molar-refractivity contribution is 5.89. The van der Waals surface area contributed by atoms with Crippen LogP contribution in [0.2, 0.25) is 0 Å². The van der Waals surface area contributed by atoms with Crippen LogP contribution in [0.4, 0.5) is 0 Å². The third-order valence-electron chi connectivity index (χ3n) is 3.26. The third kappa shape index (κ3) is 3.89. The van der Waals surface area contributed by atoms with Crippen molar-refractivity contribution in [2.24, 2.45) is 0 Å². The molecule has 19 heavy (non-hydrogen) atoms. The van der Waals surface area contributed by atoms with Crippen molar-refractivity contribution in [1.82, 2.24) is 4.90 Å². The van der Waals surface area contributed by atoms with Gasteiger partial charge in [-0.25, -0.2) is 4.79 Å². The van der Waals surface area contributed by atoms with Gasteiger partial charge < -0.3 is 4.74 Å². The maximum Gasteiger partial charge on any atom is 0.338 e. The Hall–Kier alpha value is -1.68. The second-order valence-electron chi connectivity index (χ2n) is 4.74. The highest BCUT2D eigenvalue weighted by Gasteiger charge is 2.16. The summed E-state index contributed by atoms with van der Waals surface area (Å²) in [5.41, 5.74) is 1.67. The molecule has 0 N–H and O–H groups in total. The van der Waals surface area contributed by atoms with Crippen molar-refractivity contribution in [1.29, 1.82) is 0 Å². The molecule has 1 aromatic rings. The summed E-state index contributed by atoms with van der Waals surface area (Å²) in [6.07, 6.45) is 1.27. The number of carbonyl (C=O) groups excluding carboxylic acids is 2. The predicted octanol–water partition coefficient (Wildman–Crippen LogP) is 2.03. The molecule has 1 fully saturated rings. The fourth-order valence-corrected chi connectivity index (χ4v) is 2.23. The molecule has 0 bridgehead atoms. The second kappa shape index (κ2) is 6.48. The van der Waals surface area contributed by atoms with E-state index in [9.17, 15) is 9.59 Å². The van der Waals surface area contributed by atoms with Crippen molar-refractivity contribution in [2.75, 3.05) is 19.7 Å². The topological polar surface area (TPSA) is 46.6 Å². The lowest BCUT2D eigenvalue weighted by Crippen LogP contribution is -2.33. The normalized spacial score (nSPS) is 16.4. The number of Topliss-reactive ketones (excluding diaryl/α,β-unsaturated/α-hetero) is 1. The van der Waals surface area contributed by atoms with Gasteiger partial charge in [0.05, 0.1) is 12.2 Å². The summed E-state index contributed by atoms with van der Waals surface area (Å²) in [6.45, 7) is 4.58. The zero-order chi connectivity index (χ0) is 13.7. The number of hydrogen-bond acceptors (Lipinski definition) is 4. The molecule has 1 heterocycles. The van der Waals surface area contributed by atoms with E-state index >= 15 is 0 Å². The number of ketones is 1. The van der Waals surface area contributed by atoms with E-state index in [1.807, 2.05) is 18.2 Å². The van der Waals surface area contributed by atoms with Gasteiger partial charge in [0.15, 0.2) is 0 Å². The Morgan fingerprint density at radius 2 is 2.05 bits per heavy atom. The molecule has 0 atom stereocenters. The Morgan fingerprint density at radius 1 is 1.32 bits per heavy atom. The zero-order valence-corrected chi connectivity index (χ0v) is 11.2. The first-order chi connectivity index (χ1) is 9.19. The summed E-state index contributed by atoms with van der Waals surface area (Å²) in [6, 6.07) is 7.51. The summed E-state index contributed by atoms with van der Waals surface area (Å²) < 4.78 is 4.99. The van der Waals surface area contributed by atoms with Gasteiger partial charge >= 0.3 is 5.97 Å². The van der Waals surface area contributed by atoms with Crippen LogP contribution >= 0.6 is 0 Å². The molecule has 0 spiro atoms. The molecule has 0 radical (unpaired) electrons. The minimum atomic E-state index is -0.279. The first-order valence-electron chi connectivity index (χ1n) is 6.69. The molecular weight excluding hydrogens is 242 g/mol. The average molecular weight is 261 g/mol. The van der Waals surface area contributed by atoms with E-state index < -0.39 is 0 Å². The number of likely N-dealkylation sites (tertiary alicyclic amines) is 1. The molecule has 102 valence electrons. The largest absolute Gasteiger partial charge is 0.462 e. The molecule has 1 aromatic carbocycles. The molecule has 0 amide bonds. The molecular formula is C15H19NO3. The molecule has 0 saturated carbocycles. The Balaban J connectivity index is 1.99. The van der Waals surface area contributed by atoms with Gasteiger partial charge in [0.2, 0.25) is 0 Å². The van der Waals surface area contributed by atoms with Crippen molar-refractivity contribution in [2.45, 2.75) is 26.3 Å². The molecule has 0 aromatic heterocycles. The first-order valence-corrected chi connectivity index (χ1v) is 6.69. The fraction of sp³-hybridized carbons (Fsp3) is 0.467. The number of rotatable bonds is 4. The molecule has 0 aliphatic carbocycles. The van der Waals surface area contributed by atoms with Crippen molar-refractivity contribution in [3.05, 3.63) is 35.4 Å². The molecule has 4 nitrogen and oxygen atoms in total. The standard InChI is InChI=1S/C15H19NO3/c1-2-19-15(18)13-5-3-4-12(10-13)11-16-8-6-14(17)7-9-16/h3-5,10H,2,6-9,11H2,1H3. The van der Waals surface area contributed by atoms with Crippen molar-refractivity contribution in [3.8, 4) is 0 Å². The zero-order valence-electron chi connectivity index (χ0n) is 11.2. The Morgan fingerprint density at radius 3 is 2.74 bits per heavy atom. The van der Waals surface area contributed by atoms with Crippen LogP contribution in [-0.2, 0) is 16.1 Å². The number of hydrogen-bond donors (Lipinski definition) is 0. The number of esters is 1. The number of benzene rings is 1.